The molecule has 0 saturated carbocycles. The Labute approximate surface area is 258 Å². The lowest BCUT2D eigenvalue weighted by Crippen LogP contribution is -2.09. The molecule has 0 aliphatic rings. The van der Waals surface area contributed by atoms with Gasteiger partial charge >= 0.3 is 0 Å². The molecule has 0 radical (unpaired) electrons. The lowest BCUT2D eigenvalue weighted by Gasteiger charge is -2.16. The predicted octanol–water partition coefficient (Wildman–Crippen LogP) is 6.80. The predicted molar refractivity (Wildman–Crippen MR) is 175 cm³/mol. The Kier molecular flexibility index (Phi) is 13.2. The summed E-state index contributed by atoms with van der Waals surface area (Å²) in [5.41, 5.74) is 11.3. The number of nitrogens with zero attached hydrogens (tertiary/aromatic N) is 1. The van der Waals surface area contributed by atoms with Crippen LogP contribution in [0.15, 0.2) is 82.7 Å². The Morgan fingerprint density at radius 2 is 1.23 bits per heavy atom. The minimum atomic E-state index is 0.471. The van der Waals surface area contributed by atoms with E-state index in [-0.39, 0.29) is 0 Å². The number of rotatable bonds is 19. The average Bonchev–Trinajstić information content (AvgIpc) is 3.04. The maximum absolute atomic E-state index is 6.57. The van der Waals surface area contributed by atoms with E-state index in [0.29, 0.717) is 58.5 Å². The number of nitrogens with two attached hydrogens (primary N) is 1. The molecule has 0 aromatic heterocycles. The molecule has 4 aromatic rings. The van der Waals surface area contributed by atoms with Crippen molar-refractivity contribution in [3.05, 3.63) is 78.4 Å². The van der Waals surface area contributed by atoms with E-state index in [1.54, 1.807) is 26.0 Å². The van der Waals surface area contributed by atoms with Crippen molar-refractivity contribution in [3.8, 4) is 22.6 Å². The number of ether oxygens (including phenoxy) is 6. The van der Waals surface area contributed by atoms with E-state index in [1.807, 2.05) is 54.6 Å². The number of methoxy groups -OCH3 is 2. The number of benzene rings is 4. The van der Waals surface area contributed by atoms with E-state index in [2.05, 4.69) is 29.9 Å². The number of thioether (sulfide) groups is 1. The number of hydrogen-bond donors (Lipinski definition) is 1. The summed E-state index contributed by atoms with van der Waals surface area (Å²) in [6.07, 6.45) is 0. The van der Waals surface area contributed by atoms with Gasteiger partial charge in [-0.2, -0.15) is 0 Å². The van der Waals surface area contributed by atoms with Crippen molar-refractivity contribution >= 4 is 40.6 Å². The molecule has 4 rings (SSSR count). The highest BCUT2D eigenvalue weighted by molar-refractivity contribution is 7.98. The van der Waals surface area contributed by atoms with Crippen LogP contribution in [0, 0.1) is 0 Å². The molecule has 4 aromatic carbocycles. The van der Waals surface area contributed by atoms with Gasteiger partial charge in [-0.15, -0.1) is 11.8 Å². The van der Waals surface area contributed by atoms with Crippen LogP contribution in [0.4, 0.5) is 11.4 Å². The van der Waals surface area contributed by atoms with Crippen molar-refractivity contribution in [3.63, 3.8) is 0 Å². The molecular weight excluding hydrogens is 564 g/mol. The molecule has 0 unspecified atom stereocenters. The van der Waals surface area contributed by atoms with Crippen LogP contribution in [0.3, 0.4) is 0 Å². The second kappa shape index (κ2) is 17.5. The van der Waals surface area contributed by atoms with Gasteiger partial charge in [-0.3, -0.25) is 4.99 Å². The Balaban J connectivity index is 1.44. The van der Waals surface area contributed by atoms with Gasteiger partial charge in [-0.1, -0.05) is 30.3 Å². The zero-order valence-corrected chi connectivity index (χ0v) is 25.7. The van der Waals surface area contributed by atoms with Crippen LogP contribution in [0.1, 0.15) is 5.56 Å². The normalized spacial score (nSPS) is 11.1. The monoisotopic (exact) mass is 604 g/mol. The molecule has 0 saturated heterocycles. The lowest BCUT2D eigenvalue weighted by atomic mass is 9.96. The zero-order valence-electron chi connectivity index (χ0n) is 24.9. The van der Waals surface area contributed by atoms with E-state index in [9.17, 15) is 0 Å². The van der Waals surface area contributed by atoms with Crippen LogP contribution in [0.25, 0.3) is 21.9 Å². The fraction of sp³-hybridized carbons (Fsp3) is 0.324. The van der Waals surface area contributed by atoms with Crippen molar-refractivity contribution in [2.24, 2.45) is 4.99 Å². The second-order valence-corrected chi connectivity index (χ2v) is 10.6. The zero-order chi connectivity index (χ0) is 30.3. The van der Waals surface area contributed by atoms with Crippen LogP contribution < -0.4 is 15.2 Å². The molecule has 228 valence electrons. The first-order valence-corrected chi connectivity index (χ1v) is 15.2. The van der Waals surface area contributed by atoms with E-state index in [0.717, 1.165) is 49.7 Å². The van der Waals surface area contributed by atoms with E-state index in [4.69, 9.17) is 34.2 Å². The number of fused-ring (bicyclic) bond motifs is 1. The largest absolute Gasteiger partial charge is 0.491 e. The number of aliphatic imine (C=N–C) groups is 1. The molecule has 2 N–H and O–H groups in total. The minimum Gasteiger partial charge on any atom is -0.491 e. The molecule has 0 atom stereocenters. The van der Waals surface area contributed by atoms with E-state index < -0.39 is 0 Å². The highest BCUT2D eigenvalue weighted by Crippen LogP contribution is 2.43. The fourth-order valence-corrected chi connectivity index (χ4v) is 5.51. The van der Waals surface area contributed by atoms with Gasteiger partial charge in [-0.25, -0.2) is 0 Å². The summed E-state index contributed by atoms with van der Waals surface area (Å²) in [7, 11) is 3.31. The Morgan fingerprint density at radius 1 is 0.651 bits per heavy atom. The molecule has 0 spiro atoms. The third kappa shape index (κ3) is 9.44. The van der Waals surface area contributed by atoms with Crippen LogP contribution in [0.2, 0.25) is 0 Å². The summed E-state index contributed by atoms with van der Waals surface area (Å²) < 4.78 is 32.5. The van der Waals surface area contributed by atoms with E-state index >= 15 is 0 Å². The Morgan fingerprint density at radius 3 is 1.81 bits per heavy atom. The summed E-state index contributed by atoms with van der Waals surface area (Å²) in [4.78, 5) is 5.42. The summed E-state index contributed by atoms with van der Waals surface area (Å²) >= 11 is 1.74. The first-order chi connectivity index (χ1) is 21.1. The summed E-state index contributed by atoms with van der Waals surface area (Å²) in [5, 5.41) is 1.96. The van der Waals surface area contributed by atoms with E-state index in [1.165, 1.54) is 5.56 Å². The highest BCUT2D eigenvalue weighted by Gasteiger charge is 2.15. The quantitative estimate of drug-likeness (QED) is 0.0541. The van der Waals surface area contributed by atoms with Crippen LogP contribution >= 0.6 is 11.8 Å². The van der Waals surface area contributed by atoms with Crippen LogP contribution in [-0.4, -0.2) is 73.8 Å². The van der Waals surface area contributed by atoms with Gasteiger partial charge in [0.2, 0.25) is 0 Å². The molecule has 0 aliphatic carbocycles. The summed E-state index contributed by atoms with van der Waals surface area (Å²) in [5.74, 6) is 2.38. The third-order valence-corrected chi connectivity index (χ3v) is 7.77. The smallest absolute Gasteiger partial charge is 0.119 e. The number of hydrogen-bond acceptors (Lipinski definition) is 9. The van der Waals surface area contributed by atoms with Crippen molar-refractivity contribution in [2.75, 3.05) is 72.8 Å². The van der Waals surface area contributed by atoms with Gasteiger partial charge in [0.1, 0.15) is 24.7 Å². The third-order valence-electron chi connectivity index (χ3n) is 6.64. The van der Waals surface area contributed by atoms with Gasteiger partial charge in [0.25, 0.3) is 0 Å². The average molecular weight is 605 g/mol. The van der Waals surface area contributed by atoms with Crippen LogP contribution in [-0.2, 0) is 24.7 Å². The minimum absolute atomic E-state index is 0.471. The number of nitrogen functional groups attached to an aromatic ring is 1. The van der Waals surface area contributed by atoms with Gasteiger partial charge in [0.15, 0.2) is 0 Å². The molecule has 0 amide bonds. The van der Waals surface area contributed by atoms with Crippen molar-refractivity contribution in [2.45, 2.75) is 10.6 Å². The first-order valence-electron chi connectivity index (χ1n) is 14.2. The van der Waals surface area contributed by atoms with Crippen molar-refractivity contribution in [1.29, 1.82) is 0 Å². The first kappa shape index (κ1) is 32.3. The Hall–Kier alpha value is -3.60. The maximum atomic E-state index is 6.57. The topological polar surface area (TPSA) is 93.8 Å². The Bertz CT molecular complexity index is 1430. The van der Waals surface area contributed by atoms with Gasteiger partial charge < -0.3 is 34.2 Å². The molecule has 0 heterocycles. The van der Waals surface area contributed by atoms with Gasteiger partial charge in [0.05, 0.1) is 45.3 Å². The number of anilines is 1. The highest BCUT2D eigenvalue weighted by atomic mass is 32.2. The fourth-order valence-electron chi connectivity index (χ4n) is 4.46. The summed E-state index contributed by atoms with van der Waals surface area (Å²) in [6.45, 7) is 8.09. The van der Waals surface area contributed by atoms with Gasteiger partial charge in [0, 0.05) is 41.3 Å². The van der Waals surface area contributed by atoms with Crippen LogP contribution in [0.5, 0.6) is 11.5 Å². The van der Waals surface area contributed by atoms with Crippen molar-refractivity contribution in [1.82, 2.24) is 0 Å². The molecule has 8 nitrogen and oxygen atoms in total. The molecule has 9 heteroatoms. The lowest BCUT2D eigenvalue weighted by molar-refractivity contribution is 0.0544. The molecule has 0 fully saturated rings. The molecule has 0 bridgehead atoms. The molecule has 43 heavy (non-hydrogen) atoms. The van der Waals surface area contributed by atoms with Gasteiger partial charge in [-0.05, 0) is 65.9 Å². The van der Waals surface area contributed by atoms with Crippen molar-refractivity contribution < 1.29 is 28.4 Å². The molecular formula is C34H40N2O6S. The SMILES string of the molecule is C=Nc1ccc(SCc2ccc(OCCOCCOC)cc2)c2c(N)ccc(-c3ccc(OCCOCCOC)cc3)c12. The maximum Gasteiger partial charge on any atom is 0.119 e. The molecule has 0 aliphatic heterocycles. The summed E-state index contributed by atoms with van der Waals surface area (Å²) in [6, 6.07) is 24.3. The standard InChI is InChI=1S/C34H40N2O6S/c1-36-31-14-15-32(43-24-25-4-8-27(9-5-25)41-22-20-39-18-16-37-2)34-30(35)13-12-29(33(31)34)26-6-10-28(11-7-26)42-23-21-40-19-17-38-3/h4-15H,1,16-24,35H2,2-3H3. The second-order valence-electron chi connectivity index (χ2n) is 9.56.